The molecule has 6 heteroatoms. The molecule has 0 N–H and O–H groups in total. The van der Waals surface area contributed by atoms with Gasteiger partial charge in [0, 0.05) is 42.4 Å². The fourth-order valence-corrected chi connectivity index (χ4v) is 4.48. The molecule has 0 spiro atoms. The zero-order valence-electron chi connectivity index (χ0n) is 19.4. The van der Waals surface area contributed by atoms with Gasteiger partial charge >= 0.3 is 0 Å². The van der Waals surface area contributed by atoms with Crippen molar-refractivity contribution in [1.82, 2.24) is 9.88 Å². The maximum atomic E-state index is 13.4. The van der Waals surface area contributed by atoms with Crippen LogP contribution in [0.5, 0.6) is 5.75 Å². The second-order valence-electron chi connectivity index (χ2n) is 8.90. The third-order valence-electron chi connectivity index (χ3n) is 6.23. The number of rotatable bonds is 6. The monoisotopic (exact) mass is 470 g/mol. The lowest BCUT2D eigenvalue weighted by Crippen LogP contribution is -2.36. The van der Waals surface area contributed by atoms with E-state index >= 15 is 0 Å². The van der Waals surface area contributed by atoms with Gasteiger partial charge in [0.2, 0.25) is 0 Å². The molecule has 0 saturated carbocycles. The van der Waals surface area contributed by atoms with Crippen LogP contribution in [0.3, 0.4) is 0 Å². The first-order chi connectivity index (χ1) is 17.1. The predicted octanol–water partition coefficient (Wildman–Crippen LogP) is 5.28. The molecule has 5 nitrogen and oxygen atoms in total. The Labute approximate surface area is 204 Å². The Morgan fingerprint density at radius 1 is 1.03 bits per heavy atom. The van der Waals surface area contributed by atoms with Crippen LogP contribution in [0.1, 0.15) is 21.5 Å². The molecule has 5 rings (SSSR count). The first-order valence-corrected chi connectivity index (χ1v) is 11.8. The molecular formula is C29H27FN2O3. The van der Waals surface area contributed by atoms with Crippen molar-refractivity contribution in [3.63, 3.8) is 0 Å². The van der Waals surface area contributed by atoms with Crippen LogP contribution in [0, 0.1) is 11.7 Å². The van der Waals surface area contributed by atoms with Gasteiger partial charge in [-0.15, -0.1) is 0 Å². The third kappa shape index (κ3) is 5.84. The number of amides is 1. The van der Waals surface area contributed by atoms with Crippen LogP contribution in [0.25, 0.3) is 10.8 Å². The fraction of sp³-hybridized carbons (Fsp3) is 0.241. The van der Waals surface area contributed by atoms with Crippen molar-refractivity contribution < 1.29 is 18.7 Å². The summed E-state index contributed by atoms with van der Waals surface area (Å²) in [6.07, 6.45) is 4.50. The standard InChI is InChI=1S/C29H27FN2O3/c30-27-5-1-3-22(15-27)20-35-28-6-2-4-25(16-28)29(33)32-11-12-34-19-23(18-32)13-21-7-8-26-17-31-10-9-24(26)14-21/h1-10,14-17,23H,11-13,18-20H2. The van der Waals surface area contributed by atoms with Gasteiger partial charge < -0.3 is 14.4 Å². The number of benzene rings is 3. The van der Waals surface area contributed by atoms with Crippen molar-refractivity contribution in [2.24, 2.45) is 5.92 Å². The van der Waals surface area contributed by atoms with E-state index in [1.807, 2.05) is 29.3 Å². The summed E-state index contributed by atoms with van der Waals surface area (Å²) in [6.45, 7) is 2.54. The second-order valence-corrected chi connectivity index (χ2v) is 8.90. The number of carbonyl (C=O) groups excluding carboxylic acids is 1. The molecule has 35 heavy (non-hydrogen) atoms. The Morgan fingerprint density at radius 2 is 1.94 bits per heavy atom. The minimum absolute atomic E-state index is 0.0405. The summed E-state index contributed by atoms with van der Waals surface area (Å²) in [5.41, 5.74) is 2.53. The lowest BCUT2D eigenvalue weighted by Gasteiger charge is -2.24. The zero-order valence-corrected chi connectivity index (χ0v) is 19.4. The van der Waals surface area contributed by atoms with Crippen LogP contribution in [0.2, 0.25) is 0 Å². The van der Waals surface area contributed by atoms with Crippen molar-refractivity contribution in [2.75, 3.05) is 26.3 Å². The number of aromatic nitrogens is 1. The van der Waals surface area contributed by atoms with E-state index in [0.717, 1.165) is 22.8 Å². The molecule has 1 unspecified atom stereocenters. The average molecular weight is 471 g/mol. The quantitative estimate of drug-likeness (QED) is 0.385. The highest BCUT2D eigenvalue weighted by Crippen LogP contribution is 2.21. The number of fused-ring (bicyclic) bond motifs is 1. The van der Waals surface area contributed by atoms with E-state index in [9.17, 15) is 9.18 Å². The van der Waals surface area contributed by atoms with Gasteiger partial charge in [-0.25, -0.2) is 4.39 Å². The second kappa shape index (κ2) is 10.7. The Hall–Kier alpha value is -3.77. The van der Waals surface area contributed by atoms with Gasteiger partial charge in [0.15, 0.2) is 0 Å². The Kier molecular flexibility index (Phi) is 7.00. The number of ether oxygens (including phenoxy) is 2. The summed E-state index contributed by atoms with van der Waals surface area (Å²) in [6, 6.07) is 21.9. The first kappa shape index (κ1) is 23.0. The van der Waals surface area contributed by atoms with E-state index in [2.05, 4.69) is 23.2 Å². The first-order valence-electron chi connectivity index (χ1n) is 11.8. The van der Waals surface area contributed by atoms with Gasteiger partial charge in [0.1, 0.15) is 18.2 Å². The smallest absolute Gasteiger partial charge is 0.254 e. The Balaban J connectivity index is 1.25. The topological polar surface area (TPSA) is 51.7 Å². The van der Waals surface area contributed by atoms with Gasteiger partial charge in [-0.2, -0.15) is 0 Å². The summed E-state index contributed by atoms with van der Waals surface area (Å²) >= 11 is 0. The molecule has 1 aromatic heterocycles. The normalized spacial score (nSPS) is 16.1. The van der Waals surface area contributed by atoms with Crippen molar-refractivity contribution in [3.8, 4) is 5.75 Å². The fourth-order valence-electron chi connectivity index (χ4n) is 4.48. The van der Waals surface area contributed by atoms with Crippen LogP contribution >= 0.6 is 0 Å². The predicted molar refractivity (Wildman–Crippen MR) is 133 cm³/mol. The van der Waals surface area contributed by atoms with Gasteiger partial charge in [-0.05, 0) is 59.3 Å². The highest BCUT2D eigenvalue weighted by molar-refractivity contribution is 5.94. The number of hydrogen-bond acceptors (Lipinski definition) is 4. The van der Waals surface area contributed by atoms with E-state index in [0.29, 0.717) is 37.6 Å². The largest absolute Gasteiger partial charge is 0.489 e. The minimum atomic E-state index is -0.298. The zero-order chi connectivity index (χ0) is 24.0. The number of carbonyl (C=O) groups is 1. The summed E-state index contributed by atoms with van der Waals surface area (Å²) in [5, 5.41) is 2.28. The summed E-state index contributed by atoms with van der Waals surface area (Å²) in [7, 11) is 0. The molecule has 0 bridgehead atoms. The van der Waals surface area contributed by atoms with Crippen LogP contribution in [0.4, 0.5) is 4.39 Å². The summed E-state index contributed by atoms with van der Waals surface area (Å²) in [4.78, 5) is 19.4. The van der Waals surface area contributed by atoms with E-state index < -0.39 is 0 Å². The van der Waals surface area contributed by atoms with E-state index in [4.69, 9.17) is 9.47 Å². The third-order valence-corrected chi connectivity index (χ3v) is 6.23. The number of pyridine rings is 1. The summed E-state index contributed by atoms with van der Waals surface area (Å²) < 4.78 is 25.1. The number of halogens is 1. The highest BCUT2D eigenvalue weighted by Gasteiger charge is 2.24. The number of nitrogens with zero attached hydrogens (tertiary/aromatic N) is 2. The lowest BCUT2D eigenvalue weighted by atomic mass is 9.97. The highest BCUT2D eigenvalue weighted by atomic mass is 19.1. The maximum Gasteiger partial charge on any atom is 0.254 e. The van der Waals surface area contributed by atoms with Crippen LogP contribution in [0.15, 0.2) is 85.2 Å². The van der Waals surface area contributed by atoms with E-state index in [1.165, 1.54) is 17.7 Å². The lowest BCUT2D eigenvalue weighted by molar-refractivity contribution is 0.0737. The molecule has 1 aliphatic heterocycles. The molecule has 2 heterocycles. The van der Waals surface area contributed by atoms with E-state index in [-0.39, 0.29) is 24.2 Å². The van der Waals surface area contributed by atoms with Gasteiger partial charge in [-0.3, -0.25) is 9.78 Å². The number of hydrogen-bond donors (Lipinski definition) is 0. The molecule has 0 aliphatic carbocycles. The van der Waals surface area contributed by atoms with Crippen molar-refractivity contribution in [1.29, 1.82) is 0 Å². The molecule has 1 atom stereocenters. The van der Waals surface area contributed by atoms with Gasteiger partial charge in [0.25, 0.3) is 5.91 Å². The van der Waals surface area contributed by atoms with Crippen LogP contribution in [-0.4, -0.2) is 42.1 Å². The Bertz CT molecular complexity index is 1330. The molecule has 1 saturated heterocycles. The molecule has 3 aromatic carbocycles. The Morgan fingerprint density at radius 3 is 2.86 bits per heavy atom. The van der Waals surface area contributed by atoms with Crippen LogP contribution < -0.4 is 4.74 Å². The van der Waals surface area contributed by atoms with Crippen LogP contribution in [-0.2, 0) is 17.8 Å². The minimum Gasteiger partial charge on any atom is -0.489 e. The molecule has 1 fully saturated rings. The van der Waals surface area contributed by atoms with Gasteiger partial charge in [0.05, 0.1) is 13.2 Å². The SMILES string of the molecule is O=C(c1cccc(OCc2cccc(F)c2)c1)N1CCOCC(Cc2ccc3cnccc3c2)C1. The molecular weight excluding hydrogens is 443 g/mol. The summed E-state index contributed by atoms with van der Waals surface area (Å²) in [5.74, 6) is 0.441. The van der Waals surface area contributed by atoms with Crippen molar-refractivity contribution in [2.45, 2.75) is 13.0 Å². The molecule has 4 aromatic rings. The van der Waals surface area contributed by atoms with Crippen molar-refractivity contribution >= 4 is 16.7 Å². The molecule has 1 amide bonds. The van der Waals surface area contributed by atoms with Gasteiger partial charge in [-0.1, -0.05) is 36.4 Å². The average Bonchev–Trinajstić information content (AvgIpc) is 3.13. The molecule has 0 radical (unpaired) electrons. The van der Waals surface area contributed by atoms with E-state index in [1.54, 1.807) is 30.5 Å². The van der Waals surface area contributed by atoms with Crippen molar-refractivity contribution in [3.05, 3.63) is 108 Å². The maximum absolute atomic E-state index is 13.4. The molecule has 1 aliphatic rings. The molecule has 178 valence electrons.